The largest absolute Gasteiger partial charge is 0.379 e. The van der Waals surface area contributed by atoms with E-state index >= 15 is 0 Å². The third kappa shape index (κ3) is 5.03. The van der Waals surface area contributed by atoms with E-state index in [1.807, 2.05) is 0 Å². The first-order valence-corrected chi connectivity index (χ1v) is 10.6. The van der Waals surface area contributed by atoms with Crippen molar-refractivity contribution in [1.29, 1.82) is 0 Å². The van der Waals surface area contributed by atoms with Gasteiger partial charge in [-0.05, 0) is 49.9 Å². The summed E-state index contributed by atoms with van der Waals surface area (Å²) in [6.07, 6.45) is 4.30. The number of hydrogen-bond donors (Lipinski definition) is 1. The highest BCUT2D eigenvalue weighted by atomic mass is 32.2. The highest BCUT2D eigenvalue weighted by Gasteiger charge is 2.22. The molecule has 1 aromatic rings. The first-order chi connectivity index (χ1) is 12.6. The van der Waals surface area contributed by atoms with Gasteiger partial charge < -0.3 is 14.4 Å². The summed E-state index contributed by atoms with van der Waals surface area (Å²) in [7, 11) is -3.55. The van der Waals surface area contributed by atoms with Crippen LogP contribution >= 0.6 is 0 Å². The predicted molar refractivity (Wildman–Crippen MR) is 97.6 cm³/mol. The van der Waals surface area contributed by atoms with Crippen LogP contribution in [0.2, 0.25) is 0 Å². The maximum absolute atomic E-state index is 12.3. The molecule has 0 saturated carbocycles. The fourth-order valence-corrected chi connectivity index (χ4v) is 4.26. The van der Waals surface area contributed by atoms with Crippen molar-refractivity contribution in [2.75, 3.05) is 37.8 Å². The number of benzene rings is 1. The second-order valence-corrected chi connectivity index (χ2v) is 8.37. The van der Waals surface area contributed by atoms with Crippen LogP contribution in [0, 0.1) is 0 Å². The number of nitrogens with one attached hydrogen (secondary N) is 1. The van der Waals surface area contributed by atoms with Crippen molar-refractivity contribution < 1.29 is 22.7 Å². The SMILES string of the molecule is O=C1CCCN1c1ccc(S(=O)(=O)NCCCOC[C@H]2CCCO2)cc1. The molecule has 0 aromatic heterocycles. The summed E-state index contributed by atoms with van der Waals surface area (Å²) < 4.78 is 38.2. The Hall–Kier alpha value is -1.48. The minimum atomic E-state index is -3.55. The quantitative estimate of drug-likeness (QED) is 0.657. The van der Waals surface area contributed by atoms with Gasteiger partial charge in [0.05, 0.1) is 17.6 Å². The summed E-state index contributed by atoms with van der Waals surface area (Å²) in [4.78, 5) is 13.6. The Morgan fingerprint density at radius 2 is 2.04 bits per heavy atom. The van der Waals surface area contributed by atoms with Gasteiger partial charge in [-0.15, -0.1) is 0 Å². The number of anilines is 1. The van der Waals surface area contributed by atoms with Gasteiger partial charge in [-0.3, -0.25) is 4.79 Å². The third-order valence-electron chi connectivity index (χ3n) is 4.62. The van der Waals surface area contributed by atoms with Gasteiger partial charge in [0.2, 0.25) is 15.9 Å². The molecule has 8 heteroatoms. The molecular weight excluding hydrogens is 356 g/mol. The molecule has 2 aliphatic rings. The Bertz CT molecular complexity index is 699. The molecule has 26 heavy (non-hydrogen) atoms. The fourth-order valence-electron chi connectivity index (χ4n) is 3.18. The smallest absolute Gasteiger partial charge is 0.240 e. The van der Waals surface area contributed by atoms with E-state index in [2.05, 4.69) is 4.72 Å². The number of carbonyl (C=O) groups is 1. The number of amides is 1. The lowest BCUT2D eigenvalue weighted by Crippen LogP contribution is -2.26. The third-order valence-corrected chi connectivity index (χ3v) is 6.09. The van der Waals surface area contributed by atoms with E-state index in [0.29, 0.717) is 39.1 Å². The molecule has 144 valence electrons. The molecule has 1 aromatic carbocycles. The van der Waals surface area contributed by atoms with Crippen molar-refractivity contribution in [3.8, 4) is 0 Å². The zero-order chi connectivity index (χ0) is 18.4. The van der Waals surface area contributed by atoms with Gasteiger partial charge in [0.25, 0.3) is 0 Å². The molecule has 0 aliphatic carbocycles. The summed E-state index contributed by atoms with van der Waals surface area (Å²) in [6.45, 7) is 2.88. The van der Waals surface area contributed by atoms with Crippen molar-refractivity contribution >= 4 is 21.6 Å². The zero-order valence-corrected chi connectivity index (χ0v) is 15.7. The fraction of sp³-hybridized carbons (Fsp3) is 0.611. The Labute approximate surface area is 154 Å². The Morgan fingerprint density at radius 1 is 1.23 bits per heavy atom. The number of nitrogens with zero attached hydrogens (tertiary/aromatic N) is 1. The van der Waals surface area contributed by atoms with E-state index in [1.54, 1.807) is 17.0 Å². The number of rotatable bonds is 9. The molecule has 0 radical (unpaired) electrons. The van der Waals surface area contributed by atoms with Crippen molar-refractivity contribution in [3.05, 3.63) is 24.3 Å². The average molecular weight is 382 g/mol. The maximum atomic E-state index is 12.3. The van der Waals surface area contributed by atoms with Crippen LogP contribution in [0.25, 0.3) is 0 Å². The zero-order valence-electron chi connectivity index (χ0n) is 14.9. The lowest BCUT2D eigenvalue weighted by molar-refractivity contribution is -0.117. The minimum absolute atomic E-state index is 0.0849. The molecule has 0 bridgehead atoms. The summed E-state index contributed by atoms with van der Waals surface area (Å²) >= 11 is 0. The van der Waals surface area contributed by atoms with Crippen molar-refractivity contribution in [2.24, 2.45) is 0 Å². The first kappa shape index (κ1) is 19.3. The van der Waals surface area contributed by atoms with E-state index in [4.69, 9.17) is 9.47 Å². The van der Waals surface area contributed by atoms with Crippen LogP contribution in [0.15, 0.2) is 29.2 Å². The van der Waals surface area contributed by atoms with Gasteiger partial charge in [-0.2, -0.15) is 0 Å². The van der Waals surface area contributed by atoms with E-state index in [-0.39, 0.29) is 16.9 Å². The van der Waals surface area contributed by atoms with Crippen LogP contribution in [0.1, 0.15) is 32.1 Å². The maximum Gasteiger partial charge on any atom is 0.240 e. The van der Waals surface area contributed by atoms with Crippen LogP contribution < -0.4 is 9.62 Å². The highest BCUT2D eigenvalue weighted by molar-refractivity contribution is 7.89. The summed E-state index contributed by atoms with van der Waals surface area (Å²) in [5.41, 5.74) is 0.744. The molecule has 1 N–H and O–H groups in total. The average Bonchev–Trinajstić information content (AvgIpc) is 3.29. The van der Waals surface area contributed by atoms with Crippen LogP contribution in [0.4, 0.5) is 5.69 Å². The Kier molecular flexibility index (Phi) is 6.63. The molecule has 0 unspecified atom stereocenters. The van der Waals surface area contributed by atoms with Gasteiger partial charge in [0.1, 0.15) is 0 Å². The number of sulfonamides is 1. The number of carbonyl (C=O) groups excluding carboxylic acids is 1. The highest BCUT2D eigenvalue weighted by Crippen LogP contribution is 2.22. The van der Waals surface area contributed by atoms with Crippen LogP contribution in [0.3, 0.4) is 0 Å². The number of ether oxygens (including phenoxy) is 2. The first-order valence-electron chi connectivity index (χ1n) is 9.16. The van der Waals surface area contributed by atoms with Gasteiger partial charge in [0, 0.05) is 38.4 Å². The van der Waals surface area contributed by atoms with Crippen LogP contribution in [-0.2, 0) is 24.3 Å². The number of hydrogen-bond acceptors (Lipinski definition) is 5. The minimum Gasteiger partial charge on any atom is -0.379 e. The molecule has 2 fully saturated rings. The second kappa shape index (κ2) is 8.94. The molecule has 2 heterocycles. The molecule has 1 amide bonds. The molecule has 1 atom stereocenters. The predicted octanol–water partition coefficient (Wildman–Crippen LogP) is 1.68. The molecular formula is C18H26N2O5S. The molecule has 0 spiro atoms. The van der Waals surface area contributed by atoms with Gasteiger partial charge in [-0.1, -0.05) is 0 Å². The van der Waals surface area contributed by atoms with E-state index in [0.717, 1.165) is 31.6 Å². The summed E-state index contributed by atoms with van der Waals surface area (Å²) in [5.74, 6) is 0.0849. The summed E-state index contributed by atoms with van der Waals surface area (Å²) in [6, 6.07) is 6.44. The molecule has 2 aliphatic heterocycles. The van der Waals surface area contributed by atoms with Crippen LogP contribution in [0.5, 0.6) is 0 Å². The van der Waals surface area contributed by atoms with Crippen LogP contribution in [-0.4, -0.2) is 53.3 Å². The second-order valence-electron chi connectivity index (χ2n) is 6.60. The lowest BCUT2D eigenvalue weighted by Gasteiger charge is -2.16. The van der Waals surface area contributed by atoms with Crippen molar-refractivity contribution in [3.63, 3.8) is 0 Å². The lowest BCUT2D eigenvalue weighted by atomic mass is 10.2. The van der Waals surface area contributed by atoms with Gasteiger partial charge in [-0.25, -0.2) is 13.1 Å². The van der Waals surface area contributed by atoms with E-state index < -0.39 is 10.0 Å². The van der Waals surface area contributed by atoms with Crippen molar-refractivity contribution in [2.45, 2.75) is 43.1 Å². The van der Waals surface area contributed by atoms with Gasteiger partial charge >= 0.3 is 0 Å². The van der Waals surface area contributed by atoms with E-state index in [1.165, 1.54) is 12.1 Å². The topological polar surface area (TPSA) is 84.9 Å². The Balaban J connectivity index is 1.41. The molecule has 7 nitrogen and oxygen atoms in total. The van der Waals surface area contributed by atoms with Gasteiger partial charge in [0.15, 0.2) is 0 Å². The Morgan fingerprint density at radius 3 is 2.69 bits per heavy atom. The molecule has 3 rings (SSSR count). The van der Waals surface area contributed by atoms with Crippen molar-refractivity contribution in [1.82, 2.24) is 4.72 Å². The standard InChI is InChI=1S/C18H26N2O5S/c21-18-5-1-11-20(18)15-6-8-17(9-7-15)26(22,23)19-10-3-12-24-14-16-4-2-13-25-16/h6-9,16,19H,1-5,10-14H2/t16-/m1/s1. The summed E-state index contributed by atoms with van der Waals surface area (Å²) in [5, 5.41) is 0. The molecule has 2 saturated heterocycles. The normalized spacial score (nSPS) is 20.8. The monoisotopic (exact) mass is 382 g/mol. The van der Waals surface area contributed by atoms with E-state index in [9.17, 15) is 13.2 Å².